The zero-order chi connectivity index (χ0) is 15.2. The lowest BCUT2D eigenvalue weighted by molar-refractivity contribution is -0.0499. The van der Waals surface area contributed by atoms with Crippen molar-refractivity contribution in [3.8, 4) is 5.75 Å². The van der Waals surface area contributed by atoms with Crippen LogP contribution >= 0.6 is 11.6 Å². The third-order valence-electron chi connectivity index (χ3n) is 3.14. The Morgan fingerprint density at radius 2 is 1.90 bits per heavy atom. The zero-order valence-electron chi connectivity index (χ0n) is 11.5. The molecular weight excluding hydrogens is 296 g/mol. The van der Waals surface area contributed by atoms with Crippen molar-refractivity contribution in [2.75, 3.05) is 0 Å². The fraction of sp³-hybridized carbons (Fsp3) is 0.250. The molecule has 0 aromatic heterocycles. The normalized spacial score (nSPS) is 12.4. The van der Waals surface area contributed by atoms with E-state index >= 15 is 0 Å². The maximum atomic E-state index is 12.2. The molecule has 0 aliphatic heterocycles. The first kappa shape index (κ1) is 15.7. The standard InChI is InChI=1S/C16H16ClF2NO/c1-11(20-10-13-5-2-3-8-15(13)17)12-6-4-7-14(9-12)21-16(18)19/h2-9,11,16,20H,10H2,1H3. The lowest BCUT2D eigenvalue weighted by Crippen LogP contribution is -2.18. The van der Waals surface area contributed by atoms with Crippen molar-refractivity contribution in [2.24, 2.45) is 0 Å². The van der Waals surface area contributed by atoms with Crippen LogP contribution in [0.5, 0.6) is 5.75 Å². The number of benzene rings is 2. The van der Waals surface area contributed by atoms with Gasteiger partial charge in [0, 0.05) is 17.6 Å². The Kier molecular flexibility index (Phi) is 5.53. The molecular formula is C16H16ClF2NO. The average molecular weight is 312 g/mol. The molecule has 5 heteroatoms. The summed E-state index contributed by atoms with van der Waals surface area (Å²) in [6, 6.07) is 14.2. The minimum atomic E-state index is -2.81. The molecule has 0 saturated heterocycles. The fourth-order valence-corrected chi connectivity index (χ4v) is 2.19. The van der Waals surface area contributed by atoms with Gasteiger partial charge in [-0.25, -0.2) is 0 Å². The smallest absolute Gasteiger partial charge is 0.387 e. The van der Waals surface area contributed by atoms with E-state index in [1.165, 1.54) is 6.07 Å². The average Bonchev–Trinajstić information content (AvgIpc) is 2.45. The first-order valence-corrected chi connectivity index (χ1v) is 6.95. The number of halogens is 3. The van der Waals surface area contributed by atoms with E-state index in [-0.39, 0.29) is 11.8 Å². The second-order valence-corrected chi connectivity index (χ2v) is 5.05. The molecule has 0 radical (unpaired) electrons. The molecule has 0 aliphatic rings. The SMILES string of the molecule is CC(NCc1ccccc1Cl)c1cccc(OC(F)F)c1. The van der Waals surface area contributed by atoms with Crippen molar-refractivity contribution in [3.05, 3.63) is 64.7 Å². The molecule has 2 nitrogen and oxygen atoms in total. The molecule has 2 aromatic rings. The highest BCUT2D eigenvalue weighted by Gasteiger charge is 2.09. The van der Waals surface area contributed by atoms with E-state index in [0.717, 1.165) is 11.1 Å². The molecule has 1 unspecified atom stereocenters. The Morgan fingerprint density at radius 3 is 2.62 bits per heavy atom. The molecule has 2 rings (SSSR count). The van der Waals surface area contributed by atoms with E-state index in [0.29, 0.717) is 11.6 Å². The van der Waals surface area contributed by atoms with E-state index in [1.54, 1.807) is 12.1 Å². The third-order valence-corrected chi connectivity index (χ3v) is 3.51. The highest BCUT2D eigenvalue weighted by Crippen LogP contribution is 2.22. The summed E-state index contributed by atoms with van der Waals surface area (Å²) in [6.45, 7) is -0.259. The van der Waals surface area contributed by atoms with Gasteiger partial charge >= 0.3 is 6.61 Å². The first-order valence-electron chi connectivity index (χ1n) is 6.58. The van der Waals surface area contributed by atoms with Crippen LogP contribution in [0.15, 0.2) is 48.5 Å². The van der Waals surface area contributed by atoms with Crippen LogP contribution in [0.3, 0.4) is 0 Å². The molecule has 1 N–H and O–H groups in total. The van der Waals surface area contributed by atoms with Gasteiger partial charge in [-0.15, -0.1) is 0 Å². The highest BCUT2D eigenvalue weighted by atomic mass is 35.5. The van der Waals surface area contributed by atoms with Gasteiger partial charge in [0.25, 0.3) is 0 Å². The maximum absolute atomic E-state index is 12.2. The van der Waals surface area contributed by atoms with E-state index in [9.17, 15) is 8.78 Å². The van der Waals surface area contributed by atoms with Gasteiger partial charge in [-0.1, -0.05) is 41.9 Å². The zero-order valence-corrected chi connectivity index (χ0v) is 12.3. The molecule has 21 heavy (non-hydrogen) atoms. The summed E-state index contributed by atoms with van der Waals surface area (Å²) < 4.78 is 28.8. The molecule has 0 bridgehead atoms. The molecule has 0 aliphatic carbocycles. The van der Waals surface area contributed by atoms with Crippen molar-refractivity contribution < 1.29 is 13.5 Å². The van der Waals surface area contributed by atoms with Crippen LogP contribution in [0.2, 0.25) is 5.02 Å². The molecule has 0 spiro atoms. The van der Waals surface area contributed by atoms with Crippen LogP contribution in [0.1, 0.15) is 24.1 Å². The van der Waals surface area contributed by atoms with Crippen LogP contribution in [-0.2, 0) is 6.54 Å². The van der Waals surface area contributed by atoms with Crippen molar-refractivity contribution >= 4 is 11.6 Å². The summed E-state index contributed by atoms with van der Waals surface area (Å²) in [4.78, 5) is 0. The Bertz CT molecular complexity index is 592. The van der Waals surface area contributed by atoms with Crippen LogP contribution in [-0.4, -0.2) is 6.61 Å². The predicted molar refractivity (Wildman–Crippen MR) is 79.8 cm³/mol. The van der Waals surface area contributed by atoms with Crippen molar-refractivity contribution in [1.29, 1.82) is 0 Å². The third kappa shape index (κ3) is 4.69. The van der Waals surface area contributed by atoms with Crippen molar-refractivity contribution in [1.82, 2.24) is 5.32 Å². The highest BCUT2D eigenvalue weighted by molar-refractivity contribution is 6.31. The number of hydrogen-bond donors (Lipinski definition) is 1. The van der Waals surface area contributed by atoms with Crippen LogP contribution in [0, 0.1) is 0 Å². The van der Waals surface area contributed by atoms with E-state index in [1.807, 2.05) is 37.3 Å². The van der Waals surface area contributed by atoms with Crippen molar-refractivity contribution in [2.45, 2.75) is 26.1 Å². The van der Waals surface area contributed by atoms with Gasteiger partial charge in [0.1, 0.15) is 5.75 Å². The van der Waals surface area contributed by atoms with Gasteiger partial charge in [-0.2, -0.15) is 8.78 Å². The molecule has 0 amide bonds. The monoisotopic (exact) mass is 311 g/mol. The topological polar surface area (TPSA) is 21.3 Å². The summed E-state index contributed by atoms with van der Waals surface area (Å²) in [5.74, 6) is 0.161. The lowest BCUT2D eigenvalue weighted by Gasteiger charge is -2.16. The van der Waals surface area contributed by atoms with Crippen molar-refractivity contribution in [3.63, 3.8) is 0 Å². The minimum Gasteiger partial charge on any atom is -0.435 e. The Balaban J connectivity index is 2.00. The Hall–Kier alpha value is -1.65. The molecule has 1 atom stereocenters. The number of alkyl halides is 2. The van der Waals surface area contributed by atoms with E-state index < -0.39 is 6.61 Å². The van der Waals surface area contributed by atoms with Gasteiger partial charge in [-0.3, -0.25) is 0 Å². The van der Waals surface area contributed by atoms with Gasteiger partial charge in [-0.05, 0) is 36.2 Å². The summed E-state index contributed by atoms with van der Waals surface area (Å²) in [5.41, 5.74) is 1.87. The number of nitrogens with one attached hydrogen (secondary N) is 1. The summed E-state index contributed by atoms with van der Waals surface area (Å²) >= 11 is 6.09. The van der Waals surface area contributed by atoms with E-state index in [4.69, 9.17) is 11.6 Å². The largest absolute Gasteiger partial charge is 0.435 e. The van der Waals surface area contributed by atoms with Crippen LogP contribution in [0.4, 0.5) is 8.78 Å². The van der Waals surface area contributed by atoms with E-state index in [2.05, 4.69) is 10.1 Å². The molecule has 0 fully saturated rings. The van der Waals surface area contributed by atoms with Gasteiger partial charge < -0.3 is 10.1 Å². The quantitative estimate of drug-likeness (QED) is 0.828. The number of hydrogen-bond acceptors (Lipinski definition) is 2. The molecule has 112 valence electrons. The fourth-order valence-electron chi connectivity index (χ4n) is 1.98. The summed E-state index contributed by atoms with van der Waals surface area (Å²) in [6.07, 6.45) is 0. The predicted octanol–water partition coefficient (Wildman–Crippen LogP) is 4.79. The Morgan fingerprint density at radius 1 is 1.14 bits per heavy atom. The number of rotatable bonds is 6. The minimum absolute atomic E-state index is 0.0116. The molecule has 2 aromatic carbocycles. The van der Waals surface area contributed by atoms with Gasteiger partial charge in [0.15, 0.2) is 0 Å². The van der Waals surface area contributed by atoms with Crippen LogP contribution < -0.4 is 10.1 Å². The van der Waals surface area contributed by atoms with Gasteiger partial charge in [0.05, 0.1) is 0 Å². The lowest BCUT2D eigenvalue weighted by atomic mass is 10.1. The second-order valence-electron chi connectivity index (χ2n) is 4.64. The maximum Gasteiger partial charge on any atom is 0.387 e. The number of ether oxygens (including phenoxy) is 1. The first-order chi connectivity index (χ1) is 10.1. The summed E-state index contributed by atoms with van der Waals surface area (Å²) in [5, 5.41) is 4.01. The van der Waals surface area contributed by atoms with Gasteiger partial charge in [0.2, 0.25) is 0 Å². The Labute approximate surface area is 127 Å². The summed E-state index contributed by atoms with van der Waals surface area (Å²) in [7, 11) is 0. The molecule has 0 saturated carbocycles. The molecule has 0 heterocycles. The second kappa shape index (κ2) is 7.38. The van der Waals surface area contributed by atoms with Crippen LogP contribution in [0.25, 0.3) is 0 Å².